The van der Waals surface area contributed by atoms with Crippen LogP contribution in [0.3, 0.4) is 0 Å². The standard InChI is InChI=1S/C8H11NOS/c1-7-4-8(6-9-5-7)11(2,3)10/h4-6H,2H2,1,3H3. The summed E-state index contributed by atoms with van der Waals surface area (Å²) in [6, 6.07) is 1.85. The summed E-state index contributed by atoms with van der Waals surface area (Å²) in [5.41, 5.74) is 1.01. The van der Waals surface area contributed by atoms with E-state index in [1.807, 2.05) is 13.0 Å². The predicted octanol–water partition coefficient (Wildman–Crippen LogP) is 1.10. The number of rotatable bonds is 1. The molecule has 0 saturated carbocycles. The van der Waals surface area contributed by atoms with Gasteiger partial charge < -0.3 is 0 Å². The van der Waals surface area contributed by atoms with Crippen molar-refractivity contribution >= 4 is 15.4 Å². The monoisotopic (exact) mass is 169 g/mol. The summed E-state index contributed by atoms with van der Waals surface area (Å²) in [5.74, 6) is 3.57. The first kappa shape index (κ1) is 8.27. The number of hydrogen-bond donors (Lipinski definition) is 0. The van der Waals surface area contributed by atoms with Crippen molar-refractivity contribution in [3.63, 3.8) is 0 Å². The fourth-order valence-corrected chi connectivity index (χ4v) is 1.48. The van der Waals surface area contributed by atoms with Crippen molar-refractivity contribution < 1.29 is 4.21 Å². The number of hydrogen-bond acceptors (Lipinski definition) is 2. The highest BCUT2D eigenvalue weighted by Crippen LogP contribution is 2.07. The molecule has 1 atom stereocenters. The molecule has 0 aliphatic rings. The van der Waals surface area contributed by atoms with Crippen LogP contribution >= 0.6 is 0 Å². The van der Waals surface area contributed by atoms with E-state index in [1.54, 1.807) is 18.6 Å². The van der Waals surface area contributed by atoms with Crippen LogP contribution in [-0.2, 0) is 9.52 Å². The van der Waals surface area contributed by atoms with Gasteiger partial charge in [-0.2, -0.15) is 0 Å². The number of aromatic nitrogens is 1. The summed E-state index contributed by atoms with van der Waals surface area (Å²) < 4.78 is 11.4. The zero-order valence-corrected chi connectivity index (χ0v) is 7.52. The Kier molecular flexibility index (Phi) is 2.00. The molecule has 0 bridgehead atoms. The minimum atomic E-state index is -2.09. The van der Waals surface area contributed by atoms with Crippen molar-refractivity contribution in [2.24, 2.45) is 0 Å². The van der Waals surface area contributed by atoms with Gasteiger partial charge in [0.05, 0.1) is 0 Å². The summed E-state index contributed by atoms with van der Waals surface area (Å²) >= 11 is 0. The van der Waals surface area contributed by atoms with E-state index in [2.05, 4.69) is 10.9 Å². The normalized spacial score (nSPS) is 15.8. The van der Waals surface area contributed by atoms with E-state index in [0.717, 1.165) is 10.5 Å². The first-order chi connectivity index (χ1) is 5.00. The van der Waals surface area contributed by atoms with Gasteiger partial charge in [0.15, 0.2) is 0 Å². The van der Waals surface area contributed by atoms with Gasteiger partial charge in [0.1, 0.15) is 0 Å². The van der Waals surface area contributed by atoms with E-state index < -0.39 is 9.52 Å². The fraction of sp³-hybridized carbons (Fsp3) is 0.250. The third kappa shape index (κ3) is 2.05. The Morgan fingerprint density at radius 2 is 2.18 bits per heavy atom. The molecule has 0 radical (unpaired) electrons. The highest BCUT2D eigenvalue weighted by molar-refractivity contribution is 7.99. The van der Waals surface area contributed by atoms with E-state index in [4.69, 9.17) is 0 Å². The molecule has 0 N–H and O–H groups in total. The van der Waals surface area contributed by atoms with E-state index >= 15 is 0 Å². The van der Waals surface area contributed by atoms with Crippen LogP contribution < -0.4 is 0 Å². The molecule has 1 aromatic heterocycles. The molecule has 11 heavy (non-hydrogen) atoms. The van der Waals surface area contributed by atoms with Gasteiger partial charge in [0.25, 0.3) is 0 Å². The Hall–Kier alpha value is -0.830. The predicted molar refractivity (Wildman–Crippen MR) is 48.4 cm³/mol. The van der Waals surface area contributed by atoms with Gasteiger partial charge in [-0.25, -0.2) is 0 Å². The zero-order chi connectivity index (χ0) is 8.48. The van der Waals surface area contributed by atoms with Gasteiger partial charge >= 0.3 is 0 Å². The van der Waals surface area contributed by atoms with Gasteiger partial charge in [-0.3, -0.25) is 9.19 Å². The lowest BCUT2D eigenvalue weighted by atomic mass is 10.3. The van der Waals surface area contributed by atoms with Crippen LogP contribution in [0.15, 0.2) is 23.4 Å². The van der Waals surface area contributed by atoms with Gasteiger partial charge in [0.2, 0.25) is 0 Å². The van der Waals surface area contributed by atoms with Crippen molar-refractivity contribution in [2.75, 3.05) is 6.26 Å². The second kappa shape index (κ2) is 2.66. The quantitative estimate of drug-likeness (QED) is 0.589. The molecule has 1 heterocycles. The lowest BCUT2D eigenvalue weighted by Crippen LogP contribution is -1.97. The maximum Gasteiger partial charge on any atom is 0.0488 e. The first-order valence-electron chi connectivity index (χ1n) is 3.24. The lowest BCUT2D eigenvalue weighted by molar-refractivity contribution is 0.684. The molecule has 0 aromatic carbocycles. The maximum absolute atomic E-state index is 11.4. The van der Waals surface area contributed by atoms with Gasteiger partial charge in [-0.15, -0.1) is 0 Å². The Balaban J connectivity index is 3.28. The molecule has 0 aliphatic heterocycles. The van der Waals surface area contributed by atoms with Crippen LogP contribution in [0.1, 0.15) is 5.56 Å². The smallest absolute Gasteiger partial charge is 0.0488 e. The molecule has 3 heteroatoms. The second-order valence-corrected chi connectivity index (χ2v) is 5.18. The Morgan fingerprint density at radius 3 is 2.55 bits per heavy atom. The third-order valence-corrected chi connectivity index (χ3v) is 2.57. The van der Waals surface area contributed by atoms with E-state index in [0.29, 0.717) is 0 Å². The molecule has 0 aliphatic carbocycles. The second-order valence-electron chi connectivity index (χ2n) is 2.70. The summed E-state index contributed by atoms with van der Waals surface area (Å²) in [4.78, 5) is 4.65. The summed E-state index contributed by atoms with van der Waals surface area (Å²) in [6.45, 7) is 1.92. The molecule has 0 fully saturated rings. The molecular formula is C8H11NOS. The molecule has 0 saturated heterocycles. The van der Waals surface area contributed by atoms with Crippen LogP contribution in [0.4, 0.5) is 0 Å². The summed E-state index contributed by atoms with van der Waals surface area (Å²) in [6.07, 6.45) is 4.94. The van der Waals surface area contributed by atoms with Gasteiger partial charge in [-0.1, -0.05) is 0 Å². The van der Waals surface area contributed by atoms with Gasteiger partial charge in [-0.05, 0) is 33.9 Å². The molecule has 1 rings (SSSR count). The van der Waals surface area contributed by atoms with Gasteiger partial charge in [0, 0.05) is 23.5 Å². The van der Waals surface area contributed by atoms with Crippen LogP contribution in [0.5, 0.6) is 0 Å². The van der Waals surface area contributed by atoms with Crippen molar-refractivity contribution in [1.29, 1.82) is 0 Å². The lowest BCUT2D eigenvalue weighted by Gasteiger charge is -2.01. The average Bonchev–Trinajstić information content (AvgIpc) is 1.86. The Labute approximate surface area is 67.3 Å². The Morgan fingerprint density at radius 1 is 1.55 bits per heavy atom. The molecule has 1 unspecified atom stereocenters. The number of pyridine rings is 1. The zero-order valence-electron chi connectivity index (χ0n) is 6.70. The van der Waals surface area contributed by atoms with Crippen molar-refractivity contribution in [2.45, 2.75) is 11.8 Å². The number of aryl methyl sites for hydroxylation is 1. The first-order valence-corrected chi connectivity index (χ1v) is 5.37. The van der Waals surface area contributed by atoms with E-state index in [-0.39, 0.29) is 0 Å². The van der Waals surface area contributed by atoms with Crippen LogP contribution in [-0.4, -0.2) is 21.3 Å². The van der Waals surface area contributed by atoms with Crippen LogP contribution in [0.2, 0.25) is 0 Å². The number of nitrogens with zero attached hydrogens (tertiary/aromatic N) is 1. The molecule has 2 nitrogen and oxygen atoms in total. The van der Waals surface area contributed by atoms with Crippen molar-refractivity contribution in [3.8, 4) is 0 Å². The summed E-state index contributed by atoms with van der Waals surface area (Å²) in [7, 11) is -2.09. The van der Waals surface area contributed by atoms with Crippen LogP contribution in [0, 0.1) is 6.92 Å². The van der Waals surface area contributed by atoms with Crippen molar-refractivity contribution in [1.82, 2.24) is 4.98 Å². The largest absolute Gasteiger partial charge is 0.263 e. The molecular weight excluding hydrogens is 158 g/mol. The maximum atomic E-state index is 11.4. The average molecular weight is 169 g/mol. The third-order valence-electron chi connectivity index (χ3n) is 1.35. The minimum absolute atomic E-state index is 0.720. The van der Waals surface area contributed by atoms with E-state index in [9.17, 15) is 4.21 Å². The minimum Gasteiger partial charge on any atom is -0.263 e. The van der Waals surface area contributed by atoms with Crippen molar-refractivity contribution in [3.05, 3.63) is 24.0 Å². The topological polar surface area (TPSA) is 30.0 Å². The van der Waals surface area contributed by atoms with Crippen LogP contribution in [0.25, 0.3) is 0 Å². The van der Waals surface area contributed by atoms with E-state index in [1.165, 1.54) is 0 Å². The molecule has 0 amide bonds. The Bertz CT molecular complexity index is 354. The molecule has 1 aromatic rings. The molecule has 60 valence electrons. The molecule has 0 spiro atoms. The SMILES string of the molecule is C=S(C)(=O)c1cncc(C)c1. The highest BCUT2D eigenvalue weighted by atomic mass is 32.2. The summed E-state index contributed by atoms with van der Waals surface area (Å²) in [5, 5.41) is 0. The fourth-order valence-electron chi connectivity index (χ4n) is 0.763. The highest BCUT2D eigenvalue weighted by Gasteiger charge is 1.99.